The number of nitrogens with zero attached hydrogens (tertiary/aromatic N) is 2. The first kappa shape index (κ1) is 26.3. The number of amides is 3. The van der Waals surface area contributed by atoms with E-state index in [9.17, 15) is 14.4 Å². The van der Waals surface area contributed by atoms with E-state index >= 15 is 0 Å². The van der Waals surface area contributed by atoms with Gasteiger partial charge in [0.25, 0.3) is 11.1 Å². The number of ether oxygens (including phenoxy) is 1. The second-order valence-electron chi connectivity index (χ2n) is 9.74. The summed E-state index contributed by atoms with van der Waals surface area (Å²) >= 11 is 0.983. The summed E-state index contributed by atoms with van der Waals surface area (Å²) in [7, 11) is 0. The monoisotopic (exact) mass is 531 g/mol. The third kappa shape index (κ3) is 5.87. The summed E-state index contributed by atoms with van der Waals surface area (Å²) in [6.07, 6.45) is 8.15. The van der Waals surface area contributed by atoms with E-state index in [1.807, 2.05) is 41.1 Å². The van der Waals surface area contributed by atoms with E-state index in [1.54, 1.807) is 6.08 Å². The van der Waals surface area contributed by atoms with E-state index in [0.717, 1.165) is 72.5 Å². The molecule has 2 aromatic carbocycles. The predicted octanol–water partition coefficient (Wildman–Crippen LogP) is 5.17. The molecule has 1 aromatic heterocycles. The van der Waals surface area contributed by atoms with Crippen LogP contribution in [0.15, 0.2) is 59.6 Å². The number of thioether (sulfide) groups is 1. The van der Waals surface area contributed by atoms with E-state index in [4.69, 9.17) is 4.74 Å². The largest absolute Gasteiger partial charge is 0.376 e. The lowest BCUT2D eigenvalue weighted by atomic mass is 10.1. The molecule has 0 aliphatic carbocycles. The van der Waals surface area contributed by atoms with E-state index in [1.165, 1.54) is 10.5 Å². The Hall–Kier alpha value is -3.36. The third-order valence-corrected chi connectivity index (χ3v) is 8.02. The number of para-hydroxylation sites is 1. The molecular weight excluding hydrogens is 498 g/mol. The topological polar surface area (TPSA) is 80.6 Å². The summed E-state index contributed by atoms with van der Waals surface area (Å²) in [4.78, 5) is 40.4. The van der Waals surface area contributed by atoms with Crippen molar-refractivity contribution >= 4 is 45.8 Å². The van der Waals surface area contributed by atoms with Crippen molar-refractivity contribution in [3.05, 3.63) is 76.3 Å². The first-order valence-electron chi connectivity index (χ1n) is 13.3. The fourth-order valence-corrected chi connectivity index (χ4v) is 6.01. The molecule has 1 atom stereocenters. The van der Waals surface area contributed by atoms with Crippen LogP contribution in [0.2, 0.25) is 0 Å². The Kier molecular flexibility index (Phi) is 8.29. The fraction of sp³-hybridized carbons (Fsp3) is 0.367. The molecule has 8 heteroatoms. The minimum absolute atomic E-state index is 0.0754. The Morgan fingerprint density at radius 2 is 2.00 bits per heavy atom. The predicted molar refractivity (Wildman–Crippen MR) is 151 cm³/mol. The SMILES string of the molecule is CCc1cccc2c(/C=C3\SC(=O)N(CCCc4ccccc4)C3=O)cn(CC(=O)NC[C@@H]3CCCO3)c12. The Bertz CT molecular complexity index is 1360. The molecule has 0 unspecified atom stereocenters. The second-order valence-corrected chi connectivity index (χ2v) is 10.7. The Morgan fingerprint density at radius 3 is 2.76 bits per heavy atom. The maximum absolute atomic E-state index is 13.2. The highest BCUT2D eigenvalue weighted by Gasteiger charge is 2.34. The smallest absolute Gasteiger partial charge is 0.293 e. The highest BCUT2D eigenvalue weighted by atomic mass is 32.2. The summed E-state index contributed by atoms with van der Waals surface area (Å²) in [5.41, 5.74) is 4.13. The van der Waals surface area contributed by atoms with Crippen LogP contribution < -0.4 is 5.32 Å². The lowest BCUT2D eigenvalue weighted by Crippen LogP contribution is -2.34. The molecular formula is C30H33N3O4S. The van der Waals surface area contributed by atoms with Gasteiger partial charge in [0.05, 0.1) is 16.5 Å². The Labute approximate surface area is 227 Å². The van der Waals surface area contributed by atoms with Crippen LogP contribution in [0.5, 0.6) is 0 Å². The van der Waals surface area contributed by atoms with Crippen LogP contribution >= 0.6 is 11.8 Å². The zero-order valence-corrected chi connectivity index (χ0v) is 22.5. The summed E-state index contributed by atoms with van der Waals surface area (Å²) in [6, 6.07) is 16.1. The second kappa shape index (κ2) is 12.0. The number of aryl methyl sites for hydroxylation is 2. The zero-order valence-electron chi connectivity index (χ0n) is 21.7. The highest BCUT2D eigenvalue weighted by Crippen LogP contribution is 2.35. The number of carbonyl (C=O) groups excluding carboxylic acids is 3. The van der Waals surface area contributed by atoms with Crippen molar-refractivity contribution in [1.82, 2.24) is 14.8 Å². The van der Waals surface area contributed by atoms with Gasteiger partial charge in [-0.2, -0.15) is 0 Å². The van der Waals surface area contributed by atoms with E-state index < -0.39 is 0 Å². The molecule has 0 saturated carbocycles. The van der Waals surface area contributed by atoms with Gasteiger partial charge in [-0.15, -0.1) is 0 Å². The molecule has 2 saturated heterocycles. The molecule has 0 radical (unpaired) electrons. The number of imide groups is 1. The van der Waals surface area contributed by atoms with Crippen molar-refractivity contribution < 1.29 is 19.1 Å². The average molecular weight is 532 g/mol. The van der Waals surface area contributed by atoms with Gasteiger partial charge in [0, 0.05) is 36.8 Å². The van der Waals surface area contributed by atoms with Crippen molar-refractivity contribution in [2.24, 2.45) is 0 Å². The molecule has 2 aliphatic rings. The number of aromatic nitrogens is 1. The van der Waals surface area contributed by atoms with Gasteiger partial charge in [0.1, 0.15) is 6.54 Å². The summed E-state index contributed by atoms with van der Waals surface area (Å²) < 4.78 is 7.57. The van der Waals surface area contributed by atoms with Crippen molar-refractivity contribution in [2.45, 2.75) is 51.7 Å². The number of hydrogen-bond acceptors (Lipinski definition) is 5. The van der Waals surface area contributed by atoms with Crippen LogP contribution in [0.25, 0.3) is 17.0 Å². The molecule has 3 amide bonds. The molecule has 0 bridgehead atoms. The van der Waals surface area contributed by atoms with Crippen LogP contribution in [0.4, 0.5) is 4.79 Å². The van der Waals surface area contributed by atoms with E-state index in [0.29, 0.717) is 18.0 Å². The molecule has 1 N–H and O–H groups in total. The summed E-state index contributed by atoms with van der Waals surface area (Å²) in [5.74, 6) is -0.330. The van der Waals surface area contributed by atoms with Crippen LogP contribution in [-0.2, 0) is 33.7 Å². The molecule has 38 heavy (non-hydrogen) atoms. The van der Waals surface area contributed by atoms with Gasteiger partial charge in [-0.05, 0) is 61.1 Å². The molecule has 7 nitrogen and oxygen atoms in total. The molecule has 0 spiro atoms. The first-order chi connectivity index (χ1) is 18.5. The Balaban J connectivity index is 1.33. The van der Waals surface area contributed by atoms with Crippen LogP contribution in [0.1, 0.15) is 42.9 Å². The molecule has 3 heterocycles. The van der Waals surface area contributed by atoms with Gasteiger partial charge in [0.2, 0.25) is 5.91 Å². The maximum atomic E-state index is 13.2. The minimum Gasteiger partial charge on any atom is -0.376 e. The molecule has 2 aliphatic heterocycles. The van der Waals surface area contributed by atoms with Gasteiger partial charge >= 0.3 is 0 Å². The molecule has 2 fully saturated rings. The van der Waals surface area contributed by atoms with Crippen molar-refractivity contribution in [3.63, 3.8) is 0 Å². The van der Waals surface area contributed by atoms with Crippen LogP contribution in [0.3, 0.4) is 0 Å². The number of rotatable bonds is 10. The molecule has 3 aromatic rings. The number of fused-ring (bicyclic) bond motifs is 1. The highest BCUT2D eigenvalue weighted by molar-refractivity contribution is 8.18. The Morgan fingerprint density at radius 1 is 1.16 bits per heavy atom. The van der Waals surface area contributed by atoms with Gasteiger partial charge < -0.3 is 14.6 Å². The average Bonchev–Trinajstić information content (AvgIpc) is 3.64. The molecule has 5 rings (SSSR count). The van der Waals surface area contributed by atoms with E-state index in [2.05, 4.69) is 30.4 Å². The zero-order chi connectivity index (χ0) is 26.5. The van der Waals surface area contributed by atoms with Gasteiger partial charge in [-0.1, -0.05) is 55.5 Å². The third-order valence-electron chi connectivity index (χ3n) is 7.11. The van der Waals surface area contributed by atoms with Crippen molar-refractivity contribution in [2.75, 3.05) is 19.7 Å². The fourth-order valence-electron chi connectivity index (χ4n) is 5.15. The number of hydrogen-bond donors (Lipinski definition) is 1. The number of benzene rings is 2. The first-order valence-corrected chi connectivity index (χ1v) is 14.1. The van der Waals surface area contributed by atoms with Gasteiger partial charge in [0.15, 0.2) is 0 Å². The van der Waals surface area contributed by atoms with E-state index in [-0.39, 0.29) is 29.7 Å². The summed E-state index contributed by atoms with van der Waals surface area (Å²) in [6.45, 7) is 3.93. The number of nitrogens with one attached hydrogen (secondary N) is 1. The quantitative estimate of drug-likeness (QED) is 0.365. The van der Waals surface area contributed by atoms with Gasteiger partial charge in [-0.25, -0.2) is 0 Å². The van der Waals surface area contributed by atoms with Crippen molar-refractivity contribution in [3.8, 4) is 0 Å². The van der Waals surface area contributed by atoms with Gasteiger partial charge in [-0.3, -0.25) is 19.3 Å². The summed E-state index contributed by atoms with van der Waals surface area (Å²) in [5, 5.41) is 3.73. The number of carbonyl (C=O) groups is 3. The normalized spacial score (nSPS) is 18.7. The minimum atomic E-state index is -0.255. The standard InChI is InChI=1S/C30H33N3O4S/c1-2-22-12-6-14-25-23(19-32(28(22)25)20-27(34)31-18-24-13-8-16-37-24)17-26-29(35)33(30(36)38-26)15-7-11-21-9-4-3-5-10-21/h3-6,9-10,12,14,17,19,24H,2,7-8,11,13,15-16,18,20H2,1H3,(H,31,34)/b26-17-/t24-/m0/s1. The maximum Gasteiger partial charge on any atom is 0.293 e. The van der Waals surface area contributed by atoms with Crippen LogP contribution in [-0.4, -0.2) is 52.3 Å². The lowest BCUT2D eigenvalue weighted by molar-refractivity contribution is -0.123. The van der Waals surface area contributed by atoms with Crippen molar-refractivity contribution in [1.29, 1.82) is 0 Å². The van der Waals surface area contributed by atoms with Crippen LogP contribution in [0, 0.1) is 0 Å². The molecule has 198 valence electrons. The lowest BCUT2D eigenvalue weighted by Gasteiger charge is -2.12.